The van der Waals surface area contributed by atoms with Crippen molar-refractivity contribution in [3.63, 3.8) is 0 Å². The lowest BCUT2D eigenvalue weighted by Crippen LogP contribution is -2.13. The van der Waals surface area contributed by atoms with Gasteiger partial charge in [0.2, 0.25) is 0 Å². The van der Waals surface area contributed by atoms with Gasteiger partial charge in [-0.3, -0.25) is 4.79 Å². The Hall–Kier alpha value is -2.50. The van der Waals surface area contributed by atoms with E-state index in [2.05, 4.69) is 10.2 Å². The molecule has 0 spiro atoms. The monoisotopic (exact) mass is 247 g/mol. The van der Waals surface area contributed by atoms with Crippen LogP contribution in [0.15, 0.2) is 29.1 Å². The lowest BCUT2D eigenvalue weighted by atomic mass is 10.1. The molecule has 0 aliphatic rings. The molecule has 3 N–H and O–H groups in total. The van der Waals surface area contributed by atoms with E-state index in [1.807, 2.05) is 0 Å². The SMILES string of the molecule is COc1ccc(OC)c(-c2cc(N)c(=O)[nH]n2)c1. The topological polar surface area (TPSA) is 90.2 Å². The molecule has 6 nitrogen and oxygen atoms in total. The molecule has 94 valence electrons. The van der Waals surface area contributed by atoms with E-state index in [0.29, 0.717) is 22.8 Å². The van der Waals surface area contributed by atoms with Crippen LogP contribution in [-0.4, -0.2) is 24.4 Å². The van der Waals surface area contributed by atoms with Gasteiger partial charge in [-0.15, -0.1) is 0 Å². The van der Waals surface area contributed by atoms with Gasteiger partial charge in [0.25, 0.3) is 5.56 Å². The van der Waals surface area contributed by atoms with E-state index in [-0.39, 0.29) is 5.69 Å². The molecule has 1 heterocycles. The Morgan fingerprint density at radius 2 is 2.00 bits per heavy atom. The van der Waals surface area contributed by atoms with Crippen LogP contribution >= 0.6 is 0 Å². The Bertz CT molecular complexity index is 622. The van der Waals surface area contributed by atoms with Crippen molar-refractivity contribution < 1.29 is 9.47 Å². The molecule has 0 saturated heterocycles. The van der Waals surface area contributed by atoms with Gasteiger partial charge in [-0.1, -0.05) is 0 Å². The molecular weight excluding hydrogens is 234 g/mol. The number of hydrogen-bond acceptors (Lipinski definition) is 5. The van der Waals surface area contributed by atoms with Gasteiger partial charge in [0, 0.05) is 5.56 Å². The summed E-state index contributed by atoms with van der Waals surface area (Å²) in [6.45, 7) is 0. The number of hydrogen-bond donors (Lipinski definition) is 2. The van der Waals surface area contributed by atoms with Crippen molar-refractivity contribution in [1.29, 1.82) is 0 Å². The quantitative estimate of drug-likeness (QED) is 0.845. The predicted molar refractivity (Wildman–Crippen MR) is 67.8 cm³/mol. The third-order valence-corrected chi connectivity index (χ3v) is 2.51. The van der Waals surface area contributed by atoms with E-state index in [9.17, 15) is 4.79 Å². The van der Waals surface area contributed by atoms with Gasteiger partial charge in [-0.25, -0.2) is 5.10 Å². The minimum atomic E-state index is -0.416. The molecular formula is C12H13N3O3. The third-order valence-electron chi connectivity index (χ3n) is 2.51. The van der Waals surface area contributed by atoms with Crippen molar-refractivity contribution in [3.05, 3.63) is 34.6 Å². The summed E-state index contributed by atoms with van der Waals surface area (Å²) in [5.41, 5.74) is 6.46. The standard InChI is InChI=1S/C12H13N3O3/c1-17-7-3-4-11(18-2)8(5-7)10-6-9(13)12(16)15-14-10/h3-6H,1-2H3,(H2,13,14)(H,15,16). The minimum absolute atomic E-state index is 0.102. The number of benzene rings is 1. The summed E-state index contributed by atoms with van der Waals surface area (Å²) in [5.74, 6) is 1.28. The van der Waals surface area contributed by atoms with Crippen LogP contribution in [0.3, 0.4) is 0 Å². The highest BCUT2D eigenvalue weighted by Crippen LogP contribution is 2.32. The molecule has 1 aromatic carbocycles. The van der Waals surface area contributed by atoms with Crippen molar-refractivity contribution in [3.8, 4) is 22.8 Å². The van der Waals surface area contributed by atoms with Crippen molar-refractivity contribution in [2.75, 3.05) is 20.0 Å². The largest absolute Gasteiger partial charge is 0.497 e. The number of nitrogen functional groups attached to an aromatic ring is 1. The highest BCUT2D eigenvalue weighted by atomic mass is 16.5. The van der Waals surface area contributed by atoms with Crippen LogP contribution in [-0.2, 0) is 0 Å². The molecule has 2 rings (SSSR count). The Labute approximate surface area is 103 Å². The zero-order chi connectivity index (χ0) is 13.1. The lowest BCUT2D eigenvalue weighted by Gasteiger charge is -2.09. The third kappa shape index (κ3) is 2.13. The summed E-state index contributed by atoms with van der Waals surface area (Å²) >= 11 is 0. The first-order valence-electron chi connectivity index (χ1n) is 5.23. The molecule has 0 bridgehead atoms. The second-order valence-corrected chi connectivity index (χ2v) is 3.60. The average molecular weight is 247 g/mol. The van der Waals surface area contributed by atoms with E-state index in [1.165, 1.54) is 6.07 Å². The number of nitrogens with two attached hydrogens (primary N) is 1. The van der Waals surface area contributed by atoms with E-state index in [0.717, 1.165) is 0 Å². The summed E-state index contributed by atoms with van der Waals surface area (Å²) in [5, 5.41) is 6.27. The Morgan fingerprint density at radius 1 is 1.22 bits per heavy atom. The fourth-order valence-corrected chi connectivity index (χ4v) is 1.57. The summed E-state index contributed by atoms with van der Waals surface area (Å²) in [7, 11) is 3.13. The second kappa shape index (κ2) is 4.79. The Balaban J connectivity index is 2.60. The van der Waals surface area contributed by atoms with E-state index in [4.69, 9.17) is 15.2 Å². The molecule has 0 aliphatic heterocycles. The lowest BCUT2D eigenvalue weighted by molar-refractivity contribution is 0.404. The highest BCUT2D eigenvalue weighted by molar-refractivity contribution is 5.70. The maximum Gasteiger partial charge on any atom is 0.287 e. The fourth-order valence-electron chi connectivity index (χ4n) is 1.57. The van der Waals surface area contributed by atoms with Crippen LogP contribution in [0.4, 0.5) is 5.69 Å². The molecule has 0 saturated carbocycles. The van der Waals surface area contributed by atoms with Crippen molar-refractivity contribution in [2.45, 2.75) is 0 Å². The van der Waals surface area contributed by atoms with Gasteiger partial charge in [-0.05, 0) is 24.3 Å². The Kier molecular flexibility index (Phi) is 3.18. The van der Waals surface area contributed by atoms with Gasteiger partial charge in [0.05, 0.1) is 19.9 Å². The van der Waals surface area contributed by atoms with Crippen LogP contribution in [0.1, 0.15) is 0 Å². The number of anilines is 1. The average Bonchev–Trinajstić information content (AvgIpc) is 2.41. The molecule has 0 atom stereocenters. The summed E-state index contributed by atoms with van der Waals surface area (Å²) in [4.78, 5) is 11.2. The fraction of sp³-hybridized carbons (Fsp3) is 0.167. The molecule has 0 amide bonds. The van der Waals surface area contributed by atoms with Gasteiger partial charge in [-0.2, -0.15) is 5.10 Å². The first kappa shape index (κ1) is 12.0. The summed E-state index contributed by atoms with van der Waals surface area (Å²) < 4.78 is 10.4. The molecule has 0 unspecified atom stereocenters. The molecule has 18 heavy (non-hydrogen) atoms. The van der Waals surface area contributed by atoms with Crippen LogP contribution in [0.25, 0.3) is 11.3 Å². The number of nitrogens with one attached hydrogen (secondary N) is 1. The number of H-pyrrole nitrogens is 1. The summed E-state index contributed by atoms with van der Waals surface area (Å²) in [6, 6.07) is 6.80. The highest BCUT2D eigenvalue weighted by Gasteiger charge is 2.10. The maximum atomic E-state index is 11.2. The minimum Gasteiger partial charge on any atom is -0.497 e. The van der Waals surface area contributed by atoms with Crippen molar-refractivity contribution in [2.24, 2.45) is 0 Å². The van der Waals surface area contributed by atoms with Crippen molar-refractivity contribution in [1.82, 2.24) is 10.2 Å². The van der Waals surface area contributed by atoms with Gasteiger partial charge < -0.3 is 15.2 Å². The predicted octanol–water partition coefficient (Wildman–Crippen LogP) is 1.04. The first-order valence-corrected chi connectivity index (χ1v) is 5.23. The van der Waals surface area contributed by atoms with Crippen LogP contribution < -0.4 is 20.8 Å². The zero-order valence-corrected chi connectivity index (χ0v) is 10.1. The number of rotatable bonds is 3. The maximum absolute atomic E-state index is 11.2. The number of methoxy groups -OCH3 is 2. The molecule has 6 heteroatoms. The Morgan fingerprint density at radius 3 is 2.61 bits per heavy atom. The van der Waals surface area contributed by atoms with Crippen molar-refractivity contribution >= 4 is 5.69 Å². The molecule has 0 radical (unpaired) electrons. The second-order valence-electron chi connectivity index (χ2n) is 3.60. The normalized spacial score (nSPS) is 10.1. The number of aromatic amines is 1. The van der Waals surface area contributed by atoms with E-state index in [1.54, 1.807) is 32.4 Å². The summed E-state index contributed by atoms with van der Waals surface area (Å²) in [6.07, 6.45) is 0. The molecule has 2 aromatic rings. The van der Waals surface area contributed by atoms with Gasteiger partial charge >= 0.3 is 0 Å². The van der Waals surface area contributed by atoms with Crippen LogP contribution in [0.5, 0.6) is 11.5 Å². The van der Waals surface area contributed by atoms with Gasteiger partial charge in [0.15, 0.2) is 0 Å². The number of aromatic nitrogens is 2. The molecule has 0 aliphatic carbocycles. The van der Waals surface area contributed by atoms with Crippen LogP contribution in [0, 0.1) is 0 Å². The van der Waals surface area contributed by atoms with Gasteiger partial charge in [0.1, 0.15) is 17.2 Å². The number of ether oxygens (including phenoxy) is 2. The first-order chi connectivity index (χ1) is 8.65. The number of nitrogens with zero attached hydrogens (tertiary/aromatic N) is 1. The smallest absolute Gasteiger partial charge is 0.287 e. The van der Waals surface area contributed by atoms with E-state index >= 15 is 0 Å². The van der Waals surface area contributed by atoms with Crippen LogP contribution in [0.2, 0.25) is 0 Å². The zero-order valence-electron chi connectivity index (χ0n) is 10.1. The van der Waals surface area contributed by atoms with E-state index < -0.39 is 5.56 Å². The molecule has 0 fully saturated rings. The molecule has 1 aromatic heterocycles.